The number of esters is 1. The molecule has 3 aromatic rings. The van der Waals surface area contributed by atoms with Crippen molar-refractivity contribution in [1.82, 2.24) is 9.55 Å². The molecule has 0 bridgehead atoms. The molecule has 2 aliphatic rings. The summed E-state index contributed by atoms with van der Waals surface area (Å²) in [5.74, 6) is -0.526. The van der Waals surface area contributed by atoms with E-state index in [1.165, 1.54) is 0 Å². The first-order valence-electron chi connectivity index (χ1n) is 13.2. The molecule has 9 nitrogen and oxygen atoms in total. The summed E-state index contributed by atoms with van der Waals surface area (Å²) in [5, 5.41) is 16.3. The summed E-state index contributed by atoms with van der Waals surface area (Å²) in [7, 11) is -2.01. The monoisotopic (exact) mass is 549 g/mol. The number of anilines is 1. The van der Waals surface area contributed by atoms with Gasteiger partial charge in [0.2, 0.25) is 0 Å². The van der Waals surface area contributed by atoms with E-state index in [1.54, 1.807) is 17.6 Å². The summed E-state index contributed by atoms with van der Waals surface area (Å²) in [6, 6.07) is 7.40. The number of ether oxygens (including phenoxy) is 2. The summed E-state index contributed by atoms with van der Waals surface area (Å²) >= 11 is 0. The van der Waals surface area contributed by atoms with Crippen molar-refractivity contribution in [3.63, 3.8) is 0 Å². The molecule has 206 valence electrons. The number of nitrogens with zero attached hydrogens (tertiary/aromatic N) is 2. The highest BCUT2D eigenvalue weighted by Crippen LogP contribution is 2.39. The number of pyridine rings is 2. The maximum atomic E-state index is 13.8. The van der Waals surface area contributed by atoms with Gasteiger partial charge in [0.15, 0.2) is 0 Å². The van der Waals surface area contributed by atoms with E-state index < -0.39 is 31.3 Å². The van der Waals surface area contributed by atoms with E-state index in [0.29, 0.717) is 34.7 Å². The van der Waals surface area contributed by atoms with Crippen LogP contribution in [0.1, 0.15) is 57.2 Å². The fourth-order valence-corrected chi connectivity index (χ4v) is 7.74. The average Bonchev–Trinajstić information content (AvgIpc) is 3.11. The van der Waals surface area contributed by atoms with Crippen LogP contribution in [0.2, 0.25) is 19.6 Å². The zero-order valence-electron chi connectivity index (χ0n) is 23.5. The number of aliphatic hydroxyl groups is 1. The van der Waals surface area contributed by atoms with Crippen LogP contribution in [0.5, 0.6) is 0 Å². The zero-order chi connectivity index (χ0) is 28.5. The van der Waals surface area contributed by atoms with Crippen LogP contribution in [0.4, 0.5) is 10.5 Å². The highest BCUT2D eigenvalue weighted by molar-refractivity contribution is 6.90. The number of aromatic nitrogens is 2. The normalized spacial score (nSPS) is 18.6. The second-order valence-electron chi connectivity index (χ2n) is 12.5. The van der Waals surface area contributed by atoms with Gasteiger partial charge in [0.1, 0.15) is 17.8 Å². The number of fused-ring (bicyclic) bond motifs is 5. The van der Waals surface area contributed by atoms with Crippen molar-refractivity contribution in [2.24, 2.45) is 0 Å². The second-order valence-corrected chi connectivity index (χ2v) is 17.5. The first-order valence-corrected chi connectivity index (χ1v) is 16.7. The number of rotatable bonds is 3. The molecule has 5 rings (SSSR count). The third-order valence-electron chi connectivity index (χ3n) is 7.34. The van der Waals surface area contributed by atoms with Gasteiger partial charge < -0.3 is 19.1 Å². The summed E-state index contributed by atoms with van der Waals surface area (Å²) < 4.78 is 12.4. The number of cyclic esters (lactones) is 1. The lowest BCUT2D eigenvalue weighted by Gasteiger charge is -2.26. The van der Waals surface area contributed by atoms with Gasteiger partial charge >= 0.3 is 12.1 Å². The van der Waals surface area contributed by atoms with Crippen LogP contribution < -0.4 is 16.1 Å². The van der Waals surface area contributed by atoms with Crippen LogP contribution in [0.15, 0.2) is 29.1 Å². The maximum Gasteiger partial charge on any atom is 0.412 e. The van der Waals surface area contributed by atoms with Crippen molar-refractivity contribution in [2.45, 2.75) is 84.5 Å². The van der Waals surface area contributed by atoms with Crippen molar-refractivity contribution in [3.05, 3.63) is 51.3 Å². The van der Waals surface area contributed by atoms with Crippen molar-refractivity contribution < 1.29 is 24.2 Å². The molecule has 2 aliphatic heterocycles. The molecule has 39 heavy (non-hydrogen) atoms. The highest BCUT2D eigenvalue weighted by atomic mass is 28.3. The molecule has 1 aromatic carbocycles. The number of carbonyl (C=O) groups excluding carboxylic acids is 2. The molecule has 1 unspecified atom stereocenters. The summed E-state index contributed by atoms with van der Waals surface area (Å²) in [5.41, 5.74) is 2.04. The maximum absolute atomic E-state index is 13.8. The quantitative estimate of drug-likeness (QED) is 0.288. The number of hydrogen-bond acceptors (Lipinski definition) is 7. The minimum Gasteiger partial charge on any atom is -0.460 e. The Morgan fingerprint density at radius 2 is 1.92 bits per heavy atom. The minimum atomic E-state index is -2.01. The smallest absolute Gasteiger partial charge is 0.412 e. The number of amides is 1. The average molecular weight is 550 g/mol. The lowest BCUT2D eigenvalue weighted by atomic mass is 9.85. The largest absolute Gasteiger partial charge is 0.460 e. The van der Waals surface area contributed by atoms with Crippen LogP contribution in [-0.4, -0.2) is 40.4 Å². The summed E-state index contributed by atoms with van der Waals surface area (Å²) in [4.78, 5) is 43.4. The van der Waals surface area contributed by atoms with E-state index in [2.05, 4.69) is 25.0 Å². The Balaban J connectivity index is 1.70. The predicted molar refractivity (Wildman–Crippen MR) is 152 cm³/mol. The van der Waals surface area contributed by atoms with Crippen LogP contribution in [0, 0.1) is 0 Å². The van der Waals surface area contributed by atoms with Crippen LogP contribution >= 0.6 is 0 Å². The Kier molecular flexibility index (Phi) is 6.26. The molecule has 0 radical (unpaired) electrons. The molecule has 1 amide bonds. The molecule has 0 saturated carbocycles. The molecule has 0 saturated heterocycles. The van der Waals surface area contributed by atoms with Crippen LogP contribution in [-0.2, 0) is 33.0 Å². The van der Waals surface area contributed by atoms with E-state index in [1.807, 2.05) is 39.0 Å². The van der Waals surface area contributed by atoms with Gasteiger partial charge in [-0.2, -0.15) is 0 Å². The van der Waals surface area contributed by atoms with E-state index in [0.717, 1.165) is 21.7 Å². The molecule has 2 N–H and O–H groups in total. The molecular formula is C29H35N3O6Si. The first kappa shape index (κ1) is 27.1. The Bertz CT molecular complexity index is 1600. The number of nitrogens with one attached hydrogen (secondary N) is 1. The number of hydrogen-bond donors (Lipinski definition) is 2. The van der Waals surface area contributed by atoms with Crippen molar-refractivity contribution in [2.75, 3.05) is 5.32 Å². The van der Waals surface area contributed by atoms with E-state index in [-0.39, 0.29) is 25.0 Å². The van der Waals surface area contributed by atoms with Gasteiger partial charge in [-0.3, -0.25) is 14.9 Å². The van der Waals surface area contributed by atoms with Gasteiger partial charge in [-0.25, -0.2) is 9.78 Å². The first-order chi connectivity index (χ1) is 18.1. The predicted octanol–water partition coefficient (Wildman–Crippen LogP) is 4.36. The topological polar surface area (TPSA) is 120 Å². The molecule has 0 aliphatic carbocycles. The SMILES string of the molecule is CCC1(O)CC(=O)OCc2c1cc1n(c2=O)Cc2c-1nc1ccc(NC(=O)OC(C)(C)C)cc1c2[Si](C)(C)C. The summed E-state index contributed by atoms with van der Waals surface area (Å²) in [6.07, 6.45) is -0.468. The van der Waals surface area contributed by atoms with E-state index in [4.69, 9.17) is 14.5 Å². The van der Waals surface area contributed by atoms with E-state index in [9.17, 15) is 19.5 Å². The van der Waals surface area contributed by atoms with Gasteiger partial charge in [0, 0.05) is 11.1 Å². The molecule has 2 aromatic heterocycles. The van der Waals surface area contributed by atoms with Crippen LogP contribution in [0.3, 0.4) is 0 Å². The Labute approximate surface area is 228 Å². The van der Waals surface area contributed by atoms with E-state index >= 15 is 0 Å². The van der Waals surface area contributed by atoms with Gasteiger partial charge in [0.25, 0.3) is 5.56 Å². The number of carbonyl (C=O) groups is 2. The third kappa shape index (κ3) is 4.76. The molecule has 1 atom stereocenters. The fourth-order valence-electron chi connectivity index (χ4n) is 5.63. The molecule has 0 fully saturated rings. The minimum absolute atomic E-state index is 0.165. The fraction of sp³-hybridized carbons (Fsp3) is 0.448. The highest BCUT2D eigenvalue weighted by Gasteiger charge is 2.40. The second kappa shape index (κ2) is 9.02. The van der Waals surface area contributed by atoms with Crippen molar-refractivity contribution in [3.8, 4) is 11.4 Å². The van der Waals surface area contributed by atoms with Crippen LogP contribution in [0.25, 0.3) is 22.3 Å². The standard InChI is InChI=1S/C29H35N3O6Si/c1-8-29(36)13-23(33)37-15-19-20(29)12-22-24-18(14-32(22)26(19)34)25(39(5,6)7)17-11-16(9-10-21(17)31-24)30-27(35)38-28(2,3)4/h9-12,36H,8,13-15H2,1-7H3,(H,30,35). The Morgan fingerprint density at radius 3 is 2.56 bits per heavy atom. The Morgan fingerprint density at radius 1 is 1.21 bits per heavy atom. The molecule has 10 heteroatoms. The lowest BCUT2D eigenvalue weighted by Crippen LogP contribution is -2.41. The number of benzene rings is 1. The molecule has 0 spiro atoms. The third-order valence-corrected chi connectivity index (χ3v) is 9.41. The van der Waals surface area contributed by atoms with Gasteiger partial charge in [-0.1, -0.05) is 26.6 Å². The zero-order valence-corrected chi connectivity index (χ0v) is 24.5. The summed E-state index contributed by atoms with van der Waals surface area (Å²) in [6.45, 7) is 14.1. The molecule has 4 heterocycles. The van der Waals surface area contributed by atoms with Gasteiger partial charge in [-0.05, 0) is 67.8 Å². The molecular weight excluding hydrogens is 514 g/mol. The van der Waals surface area contributed by atoms with Gasteiger partial charge in [0.05, 0.1) is 43.5 Å². The Hall–Kier alpha value is -3.50. The lowest BCUT2D eigenvalue weighted by molar-refractivity contribution is -0.149. The van der Waals surface area contributed by atoms with Crippen molar-refractivity contribution in [1.29, 1.82) is 0 Å². The van der Waals surface area contributed by atoms with Gasteiger partial charge in [-0.15, -0.1) is 0 Å². The van der Waals surface area contributed by atoms with Crippen molar-refractivity contribution >= 4 is 41.9 Å².